The van der Waals surface area contributed by atoms with Crippen LogP contribution in [0.15, 0.2) is 85.2 Å². The molecule has 2 N–H and O–H groups in total. The number of hydrogen-bond acceptors (Lipinski definition) is 4. The number of Topliss-reactive ketones (excluding diaryl/α,β-unsaturated/α-hetero) is 1. The van der Waals surface area contributed by atoms with Gasteiger partial charge in [-0.2, -0.15) is 0 Å². The summed E-state index contributed by atoms with van der Waals surface area (Å²) in [5.74, 6) is 1.06. The SMILES string of the molecule is O=C(NCC(=O)c1cnc2ccccn12)Nc1cccc(Oc2ccccc2)c1. The molecule has 0 bridgehead atoms. The van der Waals surface area contributed by atoms with Crippen molar-refractivity contribution in [3.8, 4) is 11.5 Å². The highest BCUT2D eigenvalue weighted by molar-refractivity contribution is 6.00. The van der Waals surface area contributed by atoms with Crippen molar-refractivity contribution in [1.29, 1.82) is 0 Å². The largest absolute Gasteiger partial charge is 0.457 e. The molecular weight excluding hydrogens is 368 g/mol. The number of para-hydroxylation sites is 1. The third-order valence-corrected chi connectivity index (χ3v) is 4.18. The summed E-state index contributed by atoms with van der Waals surface area (Å²) in [6.45, 7) is -0.144. The average Bonchev–Trinajstić information content (AvgIpc) is 3.17. The summed E-state index contributed by atoms with van der Waals surface area (Å²) in [6.07, 6.45) is 3.26. The fraction of sp³-hybridized carbons (Fsp3) is 0.0455. The van der Waals surface area contributed by atoms with E-state index in [1.165, 1.54) is 6.20 Å². The van der Waals surface area contributed by atoms with Crippen LogP contribution in [0, 0.1) is 0 Å². The van der Waals surface area contributed by atoms with Gasteiger partial charge in [-0.05, 0) is 36.4 Å². The molecule has 0 fully saturated rings. The Labute approximate surface area is 167 Å². The number of ether oxygens (including phenoxy) is 1. The predicted molar refractivity (Wildman–Crippen MR) is 110 cm³/mol. The number of aromatic nitrogens is 2. The summed E-state index contributed by atoms with van der Waals surface area (Å²) < 4.78 is 7.44. The van der Waals surface area contributed by atoms with Gasteiger partial charge < -0.3 is 15.4 Å². The molecule has 0 spiro atoms. The van der Waals surface area contributed by atoms with Gasteiger partial charge in [-0.15, -0.1) is 0 Å². The summed E-state index contributed by atoms with van der Waals surface area (Å²) in [4.78, 5) is 28.8. The Hall–Kier alpha value is -4.13. The topological polar surface area (TPSA) is 84.7 Å². The summed E-state index contributed by atoms with van der Waals surface area (Å²) >= 11 is 0. The first-order chi connectivity index (χ1) is 14.2. The van der Waals surface area contributed by atoms with E-state index in [1.807, 2.05) is 42.5 Å². The van der Waals surface area contributed by atoms with Crippen LogP contribution in [0.1, 0.15) is 10.5 Å². The molecule has 4 aromatic rings. The van der Waals surface area contributed by atoms with Crippen LogP contribution in [-0.4, -0.2) is 27.7 Å². The number of benzene rings is 2. The molecule has 0 aliphatic carbocycles. The lowest BCUT2D eigenvalue weighted by atomic mass is 10.3. The number of rotatable bonds is 6. The second-order valence-corrected chi connectivity index (χ2v) is 6.25. The van der Waals surface area contributed by atoms with Gasteiger partial charge in [-0.1, -0.05) is 30.3 Å². The van der Waals surface area contributed by atoms with Crippen molar-refractivity contribution >= 4 is 23.1 Å². The van der Waals surface area contributed by atoms with Crippen molar-refractivity contribution in [2.24, 2.45) is 0 Å². The Bertz CT molecular complexity index is 1150. The van der Waals surface area contributed by atoms with Crippen molar-refractivity contribution in [1.82, 2.24) is 14.7 Å². The van der Waals surface area contributed by atoms with Gasteiger partial charge in [0.1, 0.15) is 22.8 Å². The average molecular weight is 386 g/mol. The van der Waals surface area contributed by atoms with Crippen LogP contribution in [0.3, 0.4) is 0 Å². The quantitative estimate of drug-likeness (QED) is 0.488. The van der Waals surface area contributed by atoms with Gasteiger partial charge in [-0.3, -0.25) is 9.20 Å². The van der Waals surface area contributed by atoms with Crippen molar-refractivity contribution in [2.45, 2.75) is 0 Å². The second-order valence-electron chi connectivity index (χ2n) is 6.25. The molecule has 7 nitrogen and oxygen atoms in total. The monoisotopic (exact) mass is 386 g/mol. The van der Waals surface area contributed by atoms with Crippen molar-refractivity contribution in [3.05, 3.63) is 90.9 Å². The van der Waals surface area contributed by atoms with E-state index in [0.29, 0.717) is 28.5 Å². The van der Waals surface area contributed by atoms with E-state index >= 15 is 0 Å². The van der Waals surface area contributed by atoms with Gasteiger partial charge in [0.15, 0.2) is 5.78 Å². The first-order valence-electron chi connectivity index (χ1n) is 9.02. The molecule has 4 rings (SSSR count). The van der Waals surface area contributed by atoms with Crippen LogP contribution in [0.2, 0.25) is 0 Å². The molecule has 7 heteroatoms. The number of pyridine rings is 1. The van der Waals surface area contributed by atoms with Gasteiger partial charge in [-0.25, -0.2) is 9.78 Å². The molecule has 0 atom stereocenters. The van der Waals surface area contributed by atoms with E-state index in [0.717, 1.165) is 0 Å². The number of anilines is 1. The van der Waals surface area contributed by atoms with E-state index in [9.17, 15) is 9.59 Å². The fourth-order valence-corrected chi connectivity index (χ4v) is 2.83. The highest BCUT2D eigenvalue weighted by atomic mass is 16.5. The number of nitrogens with zero attached hydrogens (tertiary/aromatic N) is 2. The number of carbonyl (C=O) groups excluding carboxylic acids is 2. The number of nitrogens with one attached hydrogen (secondary N) is 2. The van der Waals surface area contributed by atoms with E-state index < -0.39 is 6.03 Å². The molecule has 0 saturated heterocycles. The molecule has 2 heterocycles. The zero-order chi connectivity index (χ0) is 20.1. The van der Waals surface area contributed by atoms with Gasteiger partial charge in [0, 0.05) is 18.0 Å². The lowest BCUT2D eigenvalue weighted by Gasteiger charge is -2.10. The predicted octanol–water partition coefficient (Wildman–Crippen LogP) is 4.13. The Morgan fingerprint density at radius 1 is 0.931 bits per heavy atom. The van der Waals surface area contributed by atoms with Crippen LogP contribution in [0.25, 0.3) is 5.65 Å². The maximum absolute atomic E-state index is 12.4. The Kier molecular flexibility index (Phi) is 5.20. The summed E-state index contributed by atoms with van der Waals surface area (Å²) in [7, 11) is 0. The van der Waals surface area contributed by atoms with Crippen LogP contribution >= 0.6 is 0 Å². The Morgan fingerprint density at radius 2 is 1.72 bits per heavy atom. The number of hydrogen-bond donors (Lipinski definition) is 2. The van der Waals surface area contributed by atoms with Crippen molar-refractivity contribution in [3.63, 3.8) is 0 Å². The molecule has 0 aliphatic heterocycles. The first kappa shape index (κ1) is 18.2. The van der Waals surface area contributed by atoms with E-state index in [-0.39, 0.29) is 12.3 Å². The molecule has 2 amide bonds. The third-order valence-electron chi connectivity index (χ3n) is 4.18. The zero-order valence-corrected chi connectivity index (χ0v) is 15.4. The third kappa shape index (κ3) is 4.41. The summed E-state index contributed by atoms with van der Waals surface area (Å²) in [5.41, 5.74) is 1.65. The summed E-state index contributed by atoms with van der Waals surface area (Å²) in [6, 6.07) is 21.4. The highest BCUT2D eigenvalue weighted by Gasteiger charge is 2.13. The maximum Gasteiger partial charge on any atom is 0.319 e. The van der Waals surface area contributed by atoms with E-state index in [1.54, 1.807) is 40.9 Å². The number of carbonyl (C=O) groups is 2. The van der Waals surface area contributed by atoms with Crippen LogP contribution in [-0.2, 0) is 0 Å². The van der Waals surface area contributed by atoms with Gasteiger partial charge in [0.2, 0.25) is 0 Å². The van der Waals surface area contributed by atoms with Gasteiger partial charge in [0.05, 0.1) is 12.7 Å². The molecule has 144 valence electrons. The minimum absolute atomic E-state index is 0.144. The molecule has 0 saturated carbocycles. The highest BCUT2D eigenvalue weighted by Crippen LogP contribution is 2.23. The molecular formula is C22H18N4O3. The van der Waals surface area contributed by atoms with E-state index in [4.69, 9.17) is 4.74 Å². The van der Waals surface area contributed by atoms with E-state index in [2.05, 4.69) is 15.6 Å². The van der Waals surface area contributed by atoms with Gasteiger partial charge >= 0.3 is 6.03 Å². The number of imidazole rings is 1. The molecule has 2 aromatic heterocycles. The number of urea groups is 1. The molecule has 0 unspecified atom stereocenters. The molecule has 0 radical (unpaired) electrons. The standard InChI is InChI=1S/C22H18N4O3/c27-20(19-14-23-21-11-4-5-12-26(19)21)15-24-22(28)25-16-7-6-10-18(13-16)29-17-8-2-1-3-9-17/h1-14H,15H2,(H2,24,25,28). The lowest BCUT2D eigenvalue weighted by Crippen LogP contribution is -2.33. The minimum atomic E-state index is -0.482. The maximum atomic E-state index is 12.4. The summed E-state index contributed by atoms with van der Waals surface area (Å²) in [5, 5.41) is 5.27. The first-order valence-corrected chi connectivity index (χ1v) is 9.02. The number of ketones is 1. The minimum Gasteiger partial charge on any atom is -0.457 e. The lowest BCUT2D eigenvalue weighted by molar-refractivity contribution is 0.0987. The van der Waals surface area contributed by atoms with Crippen LogP contribution in [0.5, 0.6) is 11.5 Å². The number of fused-ring (bicyclic) bond motifs is 1. The Morgan fingerprint density at radius 3 is 2.59 bits per heavy atom. The second kappa shape index (κ2) is 8.26. The fourth-order valence-electron chi connectivity index (χ4n) is 2.83. The molecule has 0 aliphatic rings. The smallest absolute Gasteiger partial charge is 0.319 e. The number of amides is 2. The normalized spacial score (nSPS) is 10.5. The van der Waals surface area contributed by atoms with Gasteiger partial charge in [0.25, 0.3) is 0 Å². The van der Waals surface area contributed by atoms with Crippen molar-refractivity contribution < 1.29 is 14.3 Å². The van der Waals surface area contributed by atoms with Crippen molar-refractivity contribution in [2.75, 3.05) is 11.9 Å². The Balaban J connectivity index is 1.35. The molecule has 29 heavy (non-hydrogen) atoms. The zero-order valence-electron chi connectivity index (χ0n) is 15.4. The van der Waals surface area contributed by atoms with Crippen LogP contribution in [0.4, 0.5) is 10.5 Å². The molecule has 2 aromatic carbocycles. The van der Waals surface area contributed by atoms with Crippen LogP contribution < -0.4 is 15.4 Å².